The number of anilines is 1. The van der Waals surface area contributed by atoms with Gasteiger partial charge in [-0.25, -0.2) is 4.98 Å². The minimum absolute atomic E-state index is 0.0933. The number of nitriles is 1. The van der Waals surface area contributed by atoms with Crippen LogP contribution in [0.1, 0.15) is 93.1 Å². The van der Waals surface area contributed by atoms with Crippen LogP contribution < -0.4 is 9.64 Å². The predicted molar refractivity (Wildman–Crippen MR) is 162 cm³/mol. The molecule has 0 bridgehead atoms. The predicted octanol–water partition coefficient (Wildman–Crippen LogP) is 7.30. The summed E-state index contributed by atoms with van der Waals surface area (Å²) in [6, 6.07) is 16.2. The minimum atomic E-state index is -0.760. The highest BCUT2D eigenvalue weighted by Gasteiger charge is 2.35. The molecule has 0 atom stereocenters. The van der Waals surface area contributed by atoms with E-state index in [9.17, 15) is 20.0 Å². The maximum absolute atomic E-state index is 14.1. The van der Waals surface area contributed by atoms with Gasteiger partial charge in [0.2, 0.25) is 5.91 Å². The van der Waals surface area contributed by atoms with Crippen molar-refractivity contribution in [1.82, 2.24) is 4.98 Å². The largest absolute Gasteiger partial charge is 0.495 e. The third-order valence-corrected chi connectivity index (χ3v) is 9.70. The van der Waals surface area contributed by atoms with Crippen molar-refractivity contribution < 1.29 is 23.8 Å². The second kappa shape index (κ2) is 12.6. The van der Waals surface area contributed by atoms with Gasteiger partial charge in [-0.15, -0.1) is 0 Å². The fraction of sp³-hybridized carbons (Fsp3) is 0.486. The molecule has 3 aliphatic rings. The monoisotopic (exact) mass is 581 g/mol. The molecule has 8 nitrogen and oxygen atoms in total. The number of hydrogen-bond donors (Lipinski definition) is 1. The second-order valence-electron chi connectivity index (χ2n) is 12.5. The Labute approximate surface area is 252 Å². The van der Waals surface area contributed by atoms with Gasteiger partial charge >= 0.3 is 5.97 Å². The van der Waals surface area contributed by atoms with Gasteiger partial charge in [-0.2, -0.15) is 5.26 Å². The topological polar surface area (TPSA) is 117 Å². The van der Waals surface area contributed by atoms with Crippen molar-refractivity contribution in [2.75, 3.05) is 18.6 Å². The summed E-state index contributed by atoms with van der Waals surface area (Å²) >= 11 is 0. The summed E-state index contributed by atoms with van der Waals surface area (Å²) in [4.78, 5) is 32.3. The zero-order valence-electron chi connectivity index (χ0n) is 24.7. The Bertz CT molecular complexity index is 1500. The van der Waals surface area contributed by atoms with E-state index in [2.05, 4.69) is 12.1 Å². The standard InChI is InChI=1S/C35H39N3O5/c1-42-32-16-15-27(17-29(32)19-36)23-7-5-22(6-8-23)20-38(34(39)25-11-13-26(14-12-25)35(40)41)30-4-2-3-28(18-30)31-21-43-33(37-31)24-9-10-24/h2-4,15-18,21-26H,5-14,20H2,1H3,(H,40,41)/t22-,23-,25-,26-. The van der Waals surface area contributed by atoms with E-state index in [1.807, 2.05) is 41.3 Å². The average Bonchev–Trinajstić information content (AvgIpc) is 3.79. The van der Waals surface area contributed by atoms with E-state index in [4.69, 9.17) is 14.1 Å². The highest BCUT2D eigenvalue weighted by molar-refractivity contribution is 5.95. The van der Waals surface area contributed by atoms with Gasteiger partial charge in [0.15, 0.2) is 5.89 Å². The number of hydrogen-bond acceptors (Lipinski definition) is 6. The van der Waals surface area contributed by atoms with Crippen LogP contribution in [0.2, 0.25) is 0 Å². The summed E-state index contributed by atoms with van der Waals surface area (Å²) in [7, 11) is 1.58. The Morgan fingerprint density at radius 3 is 2.37 bits per heavy atom. The molecule has 3 aliphatic carbocycles. The molecule has 0 unspecified atom stereocenters. The van der Waals surface area contributed by atoms with Crippen molar-refractivity contribution in [2.24, 2.45) is 17.8 Å². The number of rotatable bonds is 9. The van der Waals surface area contributed by atoms with Crippen molar-refractivity contribution >= 4 is 17.6 Å². The lowest BCUT2D eigenvalue weighted by Crippen LogP contribution is -2.41. The van der Waals surface area contributed by atoms with E-state index in [1.165, 1.54) is 5.56 Å². The lowest BCUT2D eigenvalue weighted by atomic mass is 9.77. The van der Waals surface area contributed by atoms with Crippen molar-refractivity contribution in [1.29, 1.82) is 5.26 Å². The quantitative estimate of drug-likeness (QED) is 0.282. The molecule has 3 aromatic rings. The summed E-state index contributed by atoms with van der Waals surface area (Å²) in [6.07, 6.45) is 10.2. The molecule has 3 saturated carbocycles. The van der Waals surface area contributed by atoms with Gasteiger partial charge in [-0.05, 0) is 106 Å². The van der Waals surface area contributed by atoms with Crippen molar-refractivity contribution in [2.45, 2.75) is 76.0 Å². The number of carboxylic acid groups (broad SMARTS) is 1. The number of benzene rings is 2. The van der Waals surface area contributed by atoms with Gasteiger partial charge in [0.1, 0.15) is 23.8 Å². The number of carboxylic acids is 1. The lowest BCUT2D eigenvalue weighted by molar-refractivity contribution is -0.144. The van der Waals surface area contributed by atoms with E-state index < -0.39 is 5.97 Å². The Balaban J connectivity index is 1.19. The summed E-state index contributed by atoms with van der Waals surface area (Å²) < 4.78 is 11.1. The van der Waals surface area contributed by atoms with Crippen LogP contribution >= 0.6 is 0 Å². The molecule has 224 valence electrons. The molecule has 0 radical (unpaired) electrons. The zero-order valence-corrected chi connectivity index (χ0v) is 24.7. The molecule has 43 heavy (non-hydrogen) atoms. The molecule has 1 aromatic heterocycles. The van der Waals surface area contributed by atoms with Crippen molar-refractivity contribution in [3.63, 3.8) is 0 Å². The summed E-state index contributed by atoms with van der Waals surface area (Å²) in [5.41, 5.74) is 4.30. The number of oxazole rings is 1. The number of carbonyl (C=O) groups excluding carboxylic acids is 1. The first-order chi connectivity index (χ1) is 20.9. The average molecular weight is 582 g/mol. The molecule has 6 rings (SSSR count). The van der Waals surface area contributed by atoms with Crippen molar-refractivity contribution in [3.05, 3.63) is 65.7 Å². The van der Waals surface area contributed by atoms with E-state index in [1.54, 1.807) is 13.4 Å². The molecular formula is C35H39N3O5. The molecule has 1 N–H and O–H groups in total. The van der Waals surface area contributed by atoms with Gasteiger partial charge < -0.3 is 19.2 Å². The highest BCUT2D eigenvalue weighted by atomic mass is 16.5. The fourth-order valence-electron chi connectivity index (χ4n) is 6.90. The maximum Gasteiger partial charge on any atom is 0.306 e. The second-order valence-corrected chi connectivity index (χ2v) is 12.5. The SMILES string of the molecule is COc1ccc([C@H]2CC[C@H](CN(c3cccc(-c4coc(C5CC5)n4)c3)C(=O)[C@H]3CC[C@H](C(=O)O)CC3)CC2)cc1C#N. The molecule has 1 amide bonds. The normalized spacial score (nSPS) is 23.7. The van der Waals surface area contributed by atoms with Crippen LogP contribution in [0.15, 0.2) is 53.1 Å². The zero-order chi connectivity index (χ0) is 29.9. The molecule has 2 aromatic carbocycles. The van der Waals surface area contributed by atoms with Crippen LogP contribution in [0, 0.1) is 29.1 Å². The Morgan fingerprint density at radius 1 is 0.977 bits per heavy atom. The van der Waals surface area contributed by atoms with Crippen LogP contribution in [-0.2, 0) is 9.59 Å². The molecule has 0 aliphatic heterocycles. The Hall–Kier alpha value is -4.12. The number of carbonyl (C=O) groups is 2. The smallest absolute Gasteiger partial charge is 0.306 e. The van der Waals surface area contributed by atoms with Crippen LogP contribution in [0.5, 0.6) is 5.75 Å². The summed E-state index contributed by atoms with van der Waals surface area (Å²) in [6.45, 7) is 0.631. The number of methoxy groups -OCH3 is 1. The number of aromatic nitrogens is 1. The number of nitrogens with zero attached hydrogens (tertiary/aromatic N) is 3. The van der Waals surface area contributed by atoms with E-state index in [0.717, 1.165) is 61.4 Å². The van der Waals surface area contributed by atoms with Gasteiger partial charge in [-0.3, -0.25) is 9.59 Å². The van der Waals surface area contributed by atoms with Crippen LogP contribution in [-0.4, -0.2) is 35.6 Å². The van der Waals surface area contributed by atoms with Crippen LogP contribution in [0.3, 0.4) is 0 Å². The summed E-state index contributed by atoms with van der Waals surface area (Å²) in [5.74, 6) is 1.34. The third kappa shape index (κ3) is 6.46. The molecule has 1 heterocycles. The van der Waals surface area contributed by atoms with Gasteiger partial charge in [-0.1, -0.05) is 18.2 Å². The lowest BCUT2D eigenvalue weighted by Gasteiger charge is -2.36. The summed E-state index contributed by atoms with van der Waals surface area (Å²) in [5, 5.41) is 19.0. The number of aliphatic carboxylic acids is 1. The van der Waals surface area contributed by atoms with E-state index >= 15 is 0 Å². The first-order valence-electron chi connectivity index (χ1n) is 15.6. The minimum Gasteiger partial charge on any atom is -0.495 e. The van der Waals surface area contributed by atoms with Crippen LogP contribution in [0.25, 0.3) is 11.3 Å². The number of ether oxygens (including phenoxy) is 1. The van der Waals surface area contributed by atoms with Crippen LogP contribution in [0.4, 0.5) is 5.69 Å². The molecule has 3 fully saturated rings. The molecule has 0 spiro atoms. The molecule has 0 saturated heterocycles. The molecule has 8 heteroatoms. The fourth-order valence-corrected chi connectivity index (χ4v) is 6.90. The third-order valence-electron chi connectivity index (χ3n) is 9.70. The molecular weight excluding hydrogens is 542 g/mol. The Morgan fingerprint density at radius 2 is 1.70 bits per heavy atom. The van der Waals surface area contributed by atoms with Crippen molar-refractivity contribution in [3.8, 4) is 23.1 Å². The van der Waals surface area contributed by atoms with Gasteiger partial charge in [0.25, 0.3) is 0 Å². The van der Waals surface area contributed by atoms with E-state index in [0.29, 0.717) is 61.3 Å². The first kappa shape index (κ1) is 29.0. The highest BCUT2D eigenvalue weighted by Crippen LogP contribution is 2.41. The van der Waals surface area contributed by atoms with Gasteiger partial charge in [0.05, 0.1) is 18.6 Å². The van der Waals surface area contributed by atoms with E-state index in [-0.39, 0.29) is 17.7 Å². The first-order valence-corrected chi connectivity index (χ1v) is 15.6. The van der Waals surface area contributed by atoms with Gasteiger partial charge in [0, 0.05) is 29.6 Å². The number of amides is 1. The Kier molecular flexibility index (Phi) is 8.51. The maximum atomic E-state index is 14.1.